The lowest BCUT2D eigenvalue weighted by Crippen LogP contribution is -2.43. The van der Waals surface area contributed by atoms with E-state index in [1.165, 1.54) is 4.31 Å². The first-order chi connectivity index (χ1) is 11.0. The zero-order valence-electron chi connectivity index (χ0n) is 13.2. The normalized spacial score (nSPS) is 22.7. The van der Waals surface area contributed by atoms with Crippen LogP contribution in [0.3, 0.4) is 0 Å². The van der Waals surface area contributed by atoms with Crippen LogP contribution in [-0.4, -0.2) is 42.9 Å². The maximum Gasteiger partial charge on any atom is 0.338 e. The molecule has 0 aromatic carbocycles. The van der Waals surface area contributed by atoms with Crippen molar-refractivity contribution < 1.29 is 18.3 Å². The van der Waals surface area contributed by atoms with Crippen LogP contribution >= 0.6 is 11.3 Å². The number of sulfonamides is 1. The summed E-state index contributed by atoms with van der Waals surface area (Å²) in [5.41, 5.74) is 0.705. The van der Waals surface area contributed by atoms with Crippen LogP contribution in [-0.2, 0) is 23.0 Å². The van der Waals surface area contributed by atoms with Crippen molar-refractivity contribution in [1.82, 2.24) is 9.62 Å². The number of fused-ring (bicyclic) bond motifs is 1. The molecule has 2 aliphatic heterocycles. The van der Waals surface area contributed by atoms with Crippen LogP contribution in [0.2, 0.25) is 0 Å². The molecule has 3 rings (SSSR count). The van der Waals surface area contributed by atoms with Crippen molar-refractivity contribution in [2.24, 2.45) is 0 Å². The third kappa shape index (κ3) is 2.93. The molecule has 1 fully saturated rings. The van der Waals surface area contributed by atoms with Gasteiger partial charge in [0.25, 0.3) is 10.0 Å². The van der Waals surface area contributed by atoms with Gasteiger partial charge in [0, 0.05) is 24.0 Å². The van der Waals surface area contributed by atoms with E-state index in [0.29, 0.717) is 31.6 Å². The third-order valence-electron chi connectivity index (χ3n) is 4.70. The summed E-state index contributed by atoms with van der Waals surface area (Å²) in [5.74, 6) is -1.13. The molecule has 0 amide bonds. The highest BCUT2D eigenvalue weighted by Gasteiger charge is 2.38. The molecule has 3 heterocycles. The van der Waals surface area contributed by atoms with Crippen molar-refractivity contribution in [1.29, 1.82) is 0 Å². The van der Waals surface area contributed by atoms with Gasteiger partial charge in [0.1, 0.15) is 4.21 Å². The van der Waals surface area contributed by atoms with Gasteiger partial charge < -0.3 is 10.4 Å². The first-order valence-electron chi connectivity index (χ1n) is 8.07. The molecule has 0 aliphatic carbocycles. The molecule has 1 aromatic heterocycles. The molecule has 1 saturated heterocycles. The number of carboxylic acid groups (broad SMARTS) is 1. The van der Waals surface area contributed by atoms with E-state index < -0.39 is 16.0 Å². The topological polar surface area (TPSA) is 86.7 Å². The second-order valence-corrected chi connectivity index (χ2v) is 9.26. The van der Waals surface area contributed by atoms with Crippen LogP contribution in [0.4, 0.5) is 0 Å². The van der Waals surface area contributed by atoms with E-state index in [1.54, 1.807) is 0 Å². The smallest absolute Gasteiger partial charge is 0.338 e. The predicted octanol–water partition coefficient (Wildman–Crippen LogP) is 2.05. The number of rotatable bonds is 4. The monoisotopic (exact) mass is 358 g/mol. The average Bonchev–Trinajstić information content (AvgIpc) is 2.95. The van der Waals surface area contributed by atoms with Crippen LogP contribution in [0.5, 0.6) is 0 Å². The van der Waals surface area contributed by atoms with Crippen molar-refractivity contribution in [3.05, 3.63) is 16.0 Å². The van der Waals surface area contributed by atoms with Gasteiger partial charge in [-0.2, -0.15) is 4.31 Å². The van der Waals surface area contributed by atoms with Crippen LogP contribution in [0.1, 0.15) is 53.4 Å². The number of hydrogen-bond donors (Lipinski definition) is 2. The van der Waals surface area contributed by atoms with E-state index in [2.05, 4.69) is 5.32 Å². The summed E-state index contributed by atoms with van der Waals surface area (Å²) in [5, 5.41) is 12.8. The minimum atomic E-state index is -3.75. The molecular formula is C15H22N2O4S2. The van der Waals surface area contributed by atoms with Gasteiger partial charge in [-0.15, -0.1) is 11.3 Å². The highest BCUT2D eigenvalue weighted by Crippen LogP contribution is 2.38. The minimum Gasteiger partial charge on any atom is -0.478 e. The van der Waals surface area contributed by atoms with Crippen molar-refractivity contribution in [3.63, 3.8) is 0 Å². The van der Waals surface area contributed by atoms with Gasteiger partial charge in [-0.05, 0) is 37.8 Å². The summed E-state index contributed by atoms with van der Waals surface area (Å²) in [6, 6.07) is -0.0207. The fraction of sp³-hybridized carbons (Fsp3) is 0.667. The zero-order valence-corrected chi connectivity index (χ0v) is 14.8. The predicted molar refractivity (Wildman–Crippen MR) is 88.5 cm³/mol. The Bertz CT molecular complexity index is 711. The Morgan fingerprint density at radius 3 is 2.91 bits per heavy atom. The molecule has 6 nitrogen and oxygen atoms in total. The molecule has 0 saturated carbocycles. The molecule has 1 aromatic rings. The lowest BCUT2D eigenvalue weighted by atomic mass is 10.0. The molecule has 2 N–H and O–H groups in total. The third-order valence-corrected chi connectivity index (χ3v) is 8.38. The number of aromatic carboxylic acids is 1. The molecular weight excluding hydrogens is 336 g/mol. The van der Waals surface area contributed by atoms with E-state index in [9.17, 15) is 18.3 Å². The number of thiophene rings is 1. The molecule has 2 aliphatic rings. The van der Waals surface area contributed by atoms with Crippen molar-refractivity contribution >= 4 is 27.3 Å². The van der Waals surface area contributed by atoms with Gasteiger partial charge in [0.15, 0.2) is 0 Å². The van der Waals surface area contributed by atoms with E-state index in [0.717, 1.165) is 41.9 Å². The van der Waals surface area contributed by atoms with Gasteiger partial charge in [0.2, 0.25) is 0 Å². The van der Waals surface area contributed by atoms with E-state index in [-0.39, 0.29) is 15.8 Å². The highest BCUT2D eigenvalue weighted by molar-refractivity contribution is 7.91. The number of nitrogens with one attached hydrogen (secondary N) is 1. The minimum absolute atomic E-state index is 0.00641. The standard InChI is InChI=1S/C15H22N2O4S2/c1-2-10-5-3-4-8-17(10)23(20,21)15-13(14(18)19)11-6-7-16-9-12(11)22-15/h10,16H,2-9H2,1H3,(H,18,19)/t10-/m0/s1. The number of piperidine rings is 1. The second-order valence-electron chi connectivity index (χ2n) is 6.07. The Morgan fingerprint density at radius 1 is 1.43 bits per heavy atom. The summed E-state index contributed by atoms with van der Waals surface area (Å²) in [7, 11) is -3.75. The number of hydrogen-bond acceptors (Lipinski definition) is 5. The lowest BCUT2D eigenvalue weighted by molar-refractivity contribution is 0.0692. The van der Waals surface area contributed by atoms with Gasteiger partial charge in [-0.3, -0.25) is 0 Å². The van der Waals surface area contributed by atoms with E-state index >= 15 is 0 Å². The Hall–Kier alpha value is -0.960. The van der Waals surface area contributed by atoms with Crippen molar-refractivity contribution in [3.8, 4) is 0 Å². The maximum atomic E-state index is 13.2. The van der Waals surface area contributed by atoms with Crippen LogP contribution in [0.15, 0.2) is 4.21 Å². The zero-order chi connectivity index (χ0) is 16.6. The molecule has 0 bridgehead atoms. The van der Waals surface area contributed by atoms with Gasteiger partial charge in [-0.1, -0.05) is 13.3 Å². The molecule has 1 atom stereocenters. The Labute approximate surface area is 140 Å². The summed E-state index contributed by atoms with van der Waals surface area (Å²) >= 11 is 1.13. The fourth-order valence-electron chi connectivity index (χ4n) is 3.51. The lowest BCUT2D eigenvalue weighted by Gasteiger charge is -2.33. The maximum absolute atomic E-state index is 13.2. The fourth-order valence-corrected chi connectivity index (χ4v) is 7.26. The van der Waals surface area contributed by atoms with Crippen LogP contribution < -0.4 is 5.32 Å². The average molecular weight is 358 g/mol. The largest absolute Gasteiger partial charge is 0.478 e. The van der Waals surface area contributed by atoms with Gasteiger partial charge >= 0.3 is 5.97 Å². The highest BCUT2D eigenvalue weighted by atomic mass is 32.2. The van der Waals surface area contributed by atoms with Crippen molar-refractivity contribution in [2.45, 2.75) is 55.8 Å². The molecule has 23 heavy (non-hydrogen) atoms. The second kappa shape index (κ2) is 6.51. The summed E-state index contributed by atoms with van der Waals surface area (Å²) < 4.78 is 27.9. The Kier molecular flexibility index (Phi) is 4.78. The van der Waals surface area contributed by atoms with Crippen LogP contribution in [0, 0.1) is 0 Å². The summed E-state index contributed by atoms with van der Waals surface area (Å²) in [6.45, 7) is 3.71. The molecule has 8 heteroatoms. The number of nitrogens with zero attached hydrogens (tertiary/aromatic N) is 1. The molecule has 0 radical (unpaired) electrons. The first-order valence-corrected chi connectivity index (χ1v) is 10.3. The summed E-state index contributed by atoms with van der Waals surface area (Å²) in [6.07, 6.45) is 4.05. The molecule has 128 valence electrons. The number of carboxylic acids is 1. The Morgan fingerprint density at radius 2 is 2.22 bits per heavy atom. The summed E-state index contributed by atoms with van der Waals surface area (Å²) in [4.78, 5) is 12.6. The van der Waals surface area contributed by atoms with Crippen molar-refractivity contribution in [2.75, 3.05) is 13.1 Å². The molecule has 0 unspecified atom stereocenters. The van der Waals surface area contributed by atoms with Gasteiger partial charge in [-0.25, -0.2) is 13.2 Å². The quantitative estimate of drug-likeness (QED) is 0.860. The first kappa shape index (κ1) is 16.9. The van der Waals surface area contributed by atoms with E-state index in [1.807, 2.05) is 6.92 Å². The van der Waals surface area contributed by atoms with E-state index in [4.69, 9.17) is 0 Å². The Balaban J connectivity index is 2.09. The number of carbonyl (C=O) groups is 1. The SMILES string of the molecule is CC[C@H]1CCCCN1S(=O)(=O)c1sc2c(c1C(=O)O)CCNC2. The van der Waals surface area contributed by atoms with Crippen LogP contribution in [0.25, 0.3) is 0 Å². The van der Waals surface area contributed by atoms with Gasteiger partial charge in [0.05, 0.1) is 5.56 Å². The molecule has 0 spiro atoms.